The number of alkyl halides is 1. The standard InChI is InChI=1S/C15H18I2/c1-15(2)13-7-9(16)3-5-11(13)12-6-4-10(17)8-14(12)15/h5,8-9,13H,3-4,6-7H2,1-2H3. The van der Waals surface area contributed by atoms with Crippen molar-refractivity contribution in [2.24, 2.45) is 11.3 Å². The first-order valence-electron chi connectivity index (χ1n) is 6.44. The Labute approximate surface area is 131 Å². The number of hydrogen-bond donors (Lipinski definition) is 0. The van der Waals surface area contributed by atoms with Crippen molar-refractivity contribution in [2.75, 3.05) is 0 Å². The SMILES string of the molecule is CC1(C)C2=C(CCC(I)=C2)C2=CCC(I)CC21. The highest BCUT2D eigenvalue weighted by molar-refractivity contribution is 14.1. The zero-order valence-corrected chi connectivity index (χ0v) is 14.7. The van der Waals surface area contributed by atoms with Gasteiger partial charge in [-0.3, -0.25) is 0 Å². The summed E-state index contributed by atoms with van der Waals surface area (Å²) in [5.74, 6) is 0.779. The monoisotopic (exact) mass is 452 g/mol. The highest BCUT2D eigenvalue weighted by Gasteiger charge is 2.45. The maximum atomic E-state index is 2.63. The van der Waals surface area contributed by atoms with Crippen LogP contribution in [0.3, 0.4) is 0 Å². The number of fused-ring (bicyclic) bond motifs is 2. The first kappa shape index (κ1) is 12.7. The first-order chi connectivity index (χ1) is 8.00. The molecule has 2 atom stereocenters. The topological polar surface area (TPSA) is 0 Å². The van der Waals surface area contributed by atoms with Gasteiger partial charge in [0, 0.05) is 3.92 Å². The molecule has 0 aromatic rings. The lowest BCUT2D eigenvalue weighted by Gasteiger charge is -2.34. The van der Waals surface area contributed by atoms with Crippen molar-refractivity contribution < 1.29 is 0 Å². The van der Waals surface area contributed by atoms with Crippen LogP contribution in [0.4, 0.5) is 0 Å². The molecule has 2 unspecified atom stereocenters. The largest absolute Gasteiger partial charge is 0.0823 e. The summed E-state index contributed by atoms with van der Waals surface area (Å²) in [5, 5.41) is 0. The van der Waals surface area contributed by atoms with E-state index in [4.69, 9.17) is 0 Å². The van der Waals surface area contributed by atoms with Gasteiger partial charge in [-0.25, -0.2) is 0 Å². The molecule has 3 rings (SSSR count). The van der Waals surface area contributed by atoms with E-state index < -0.39 is 0 Å². The molecule has 0 N–H and O–H groups in total. The van der Waals surface area contributed by atoms with E-state index in [9.17, 15) is 0 Å². The minimum atomic E-state index is 0.363. The van der Waals surface area contributed by atoms with E-state index in [-0.39, 0.29) is 0 Å². The number of rotatable bonds is 0. The minimum Gasteiger partial charge on any atom is -0.0823 e. The van der Waals surface area contributed by atoms with Crippen LogP contribution in [0.1, 0.15) is 39.5 Å². The summed E-state index contributed by atoms with van der Waals surface area (Å²) >= 11 is 5.14. The Hall–Kier alpha value is 0.680. The quantitative estimate of drug-likeness (QED) is 0.333. The van der Waals surface area contributed by atoms with Gasteiger partial charge >= 0.3 is 0 Å². The second-order valence-corrected chi connectivity index (χ2v) is 9.13. The van der Waals surface area contributed by atoms with Gasteiger partial charge in [0.05, 0.1) is 0 Å². The number of halogens is 2. The highest BCUT2D eigenvalue weighted by atomic mass is 127. The van der Waals surface area contributed by atoms with Gasteiger partial charge in [-0.1, -0.05) is 42.5 Å². The molecular weight excluding hydrogens is 434 g/mol. The van der Waals surface area contributed by atoms with E-state index in [1.165, 1.54) is 25.7 Å². The van der Waals surface area contributed by atoms with E-state index in [0.717, 1.165) is 9.84 Å². The van der Waals surface area contributed by atoms with Crippen LogP contribution in [-0.4, -0.2) is 3.92 Å². The van der Waals surface area contributed by atoms with Crippen LogP contribution in [0.15, 0.2) is 32.5 Å². The van der Waals surface area contributed by atoms with Crippen LogP contribution < -0.4 is 0 Å². The molecule has 0 aromatic carbocycles. The van der Waals surface area contributed by atoms with E-state index in [1.54, 1.807) is 20.3 Å². The fourth-order valence-corrected chi connectivity index (χ4v) is 4.99. The lowest BCUT2D eigenvalue weighted by Crippen LogP contribution is -2.26. The molecule has 0 aliphatic heterocycles. The summed E-state index contributed by atoms with van der Waals surface area (Å²) in [7, 11) is 0. The fourth-order valence-electron chi connectivity index (χ4n) is 3.65. The van der Waals surface area contributed by atoms with Gasteiger partial charge in [0.15, 0.2) is 0 Å². The zero-order valence-electron chi connectivity index (χ0n) is 10.4. The van der Waals surface area contributed by atoms with E-state index >= 15 is 0 Å². The van der Waals surface area contributed by atoms with Crippen LogP contribution >= 0.6 is 45.2 Å². The normalized spacial score (nSPS) is 35.1. The van der Waals surface area contributed by atoms with Crippen molar-refractivity contribution in [1.29, 1.82) is 0 Å². The van der Waals surface area contributed by atoms with E-state index in [1.807, 2.05) is 0 Å². The predicted molar refractivity (Wildman–Crippen MR) is 90.8 cm³/mol. The van der Waals surface area contributed by atoms with E-state index in [0.29, 0.717) is 5.41 Å². The molecule has 2 heteroatoms. The molecule has 0 saturated carbocycles. The first-order valence-corrected chi connectivity index (χ1v) is 8.77. The Morgan fingerprint density at radius 1 is 1.29 bits per heavy atom. The second kappa shape index (κ2) is 4.36. The summed E-state index contributed by atoms with van der Waals surface area (Å²) in [6.45, 7) is 4.91. The van der Waals surface area contributed by atoms with Crippen LogP contribution in [0.2, 0.25) is 0 Å². The molecule has 17 heavy (non-hydrogen) atoms. The summed E-state index contributed by atoms with van der Waals surface area (Å²) in [6.07, 6.45) is 10.2. The van der Waals surface area contributed by atoms with Gasteiger partial charge in [0.25, 0.3) is 0 Å². The minimum absolute atomic E-state index is 0.363. The lowest BCUT2D eigenvalue weighted by atomic mass is 9.72. The Balaban J connectivity index is 2.10. The lowest BCUT2D eigenvalue weighted by molar-refractivity contribution is 0.310. The molecule has 0 bridgehead atoms. The third-order valence-electron chi connectivity index (χ3n) is 4.61. The van der Waals surface area contributed by atoms with Crippen molar-refractivity contribution in [3.05, 3.63) is 32.5 Å². The molecule has 0 saturated heterocycles. The van der Waals surface area contributed by atoms with Gasteiger partial charge in [0.1, 0.15) is 0 Å². The molecular formula is C15H18I2. The van der Waals surface area contributed by atoms with Gasteiger partial charge in [-0.15, -0.1) is 0 Å². The summed E-state index contributed by atoms with van der Waals surface area (Å²) in [5.41, 5.74) is 5.42. The predicted octanol–water partition coefficient (Wildman–Crippen LogP) is 5.58. The highest BCUT2D eigenvalue weighted by Crippen LogP contribution is 2.58. The molecule has 92 valence electrons. The molecule has 3 aliphatic rings. The molecule has 0 heterocycles. The van der Waals surface area contributed by atoms with Gasteiger partial charge in [-0.2, -0.15) is 0 Å². The van der Waals surface area contributed by atoms with Crippen molar-refractivity contribution >= 4 is 45.2 Å². The average molecular weight is 452 g/mol. The summed E-state index contributed by atoms with van der Waals surface area (Å²) in [4.78, 5) is 0. The van der Waals surface area contributed by atoms with Crippen LogP contribution in [0, 0.1) is 11.3 Å². The van der Waals surface area contributed by atoms with Gasteiger partial charge in [-0.05, 0) is 86.0 Å². The van der Waals surface area contributed by atoms with Gasteiger partial charge < -0.3 is 0 Å². The smallest absolute Gasteiger partial charge is 0.0150 e. The third kappa shape index (κ3) is 1.97. The van der Waals surface area contributed by atoms with Gasteiger partial charge in [0.2, 0.25) is 0 Å². The number of allylic oxidation sites excluding steroid dienone is 6. The summed E-state index contributed by atoms with van der Waals surface area (Å²) in [6, 6.07) is 0. The maximum absolute atomic E-state index is 2.63. The zero-order chi connectivity index (χ0) is 12.2. The molecule has 0 nitrogen and oxygen atoms in total. The van der Waals surface area contributed by atoms with Crippen LogP contribution in [-0.2, 0) is 0 Å². The maximum Gasteiger partial charge on any atom is 0.0150 e. The molecule has 0 radical (unpaired) electrons. The molecule has 0 aromatic heterocycles. The molecule has 3 aliphatic carbocycles. The molecule has 0 spiro atoms. The summed E-state index contributed by atoms with van der Waals surface area (Å²) < 4.78 is 2.38. The molecule has 0 amide bonds. The van der Waals surface area contributed by atoms with Crippen molar-refractivity contribution in [1.82, 2.24) is 0 Å². The number of hydrogen-bond acceptors (Lipinski definition) is 0. The Morgan fingerprint density at radius 3 is 2.82 bits per heavy atom. The second-order valence-electron chi connectivity index (χ2n) is 5.99. The third-order valence-corrected chi connectivity index (χ3v) is 6.48. The van der Waals surface area contributed by atoms with E-state index in [2.05, 4.69) is 71.2 Å². The van der Waals surface area contributed by atoms with Crippen molar-refractivity contribution in [3.63, 3.8) is 0 Å². The van der Waals surface area contributed by atoms with Crippen LogP contribution in [0.5, 0.6) is 0 Å². The average Bonchev–Trinajstić information content (AvgIpc) is 2.49. The van der Waals surface area contributed by atoms with Crippen molar-refractivity contribution in [3.8, 4) is 0 Å². The Kier molecular flexibility index (Phi) is 3.26. The molecule has 0 fully saturated rings. The fraction of sp³-hybridized carbons (Fsp3) is 0.600. The van der Waals surface area contributed by atoms with Crippen LogP contribution in [0.25, 0.3) is 0 Å². The Bertz CT molecular complexity index is 452. The Morgan fingerprint density at radius 2 is 2.06 bits per heavy atom. The van der Waals surface area contributed by atoms with Crippen molar-refractivity contribution in [2.45, 2.75) is 43.5 Å².